The number of nitrogens with two attached hydrogens (primary N) is 1. The molecule has 0 bridgehead atoms. The van der Waals surface area contributed by atoms with Gasteiger partial charge in [0.1, 0.15) is 5.82 Å². The number of nitrogens with zero attached hydrogens (tertiary/aromatic N) is 2. The lowest BCUT2D eigenvalue weighted by atomic mass is 10.1. The Hall–Kier alpha value is -2.62. The summed E-state index contributed by atoms with van der Waals surface area (Å²) in [6, 6.07) is 11.8. The van der Waals surface area contributed by atoms with E-state index in [-0.39, 0.29) is 0 Å². The number of aromatic nitrogens is 2. The van der Waals surface area contributed by atoms with Gasteiger partial charge < -0.3 is 11.1 Å². The number of fused-ring (bicyclic) bond motifs is 1. The van der Waals surface area contributed by atoms with Crippen molar-refractivity contribution in [1.82, 2.24) is 9.97 Å². The van der Waals surface area contributed by atoms with Crippen molar-refractivity contribution < 1.29 is 0 Å². The van der Waals surface area contributed by atoms with E-state index >= 15 is 0 Å². The maximum atomic E-state index is 5.84. The van der Waals surface area contributed by atoms with Crippen molar-refractivity contribution >= 4 is 22.3 Å². The highest BCUT2D eigenvalue weighted by atomic mass is 15.0. The molecule has 0 aliphatic heterocycles. The van der Waals surface area contributed by atoms with Gasteiger partial charge in [-0.1, -0.05) is 6.07 Å². The Bertz CT molecular complexity index is 695. The summed E-state index contributed by atoms with van der Waals surface area (Å²) in [6.45, 7) is 0.712. The van der Waals surface area contributed by atoms with E-state index in [1.165, 1.54) is 0 Å². The Balaban J connectivity index is 1.90. The molecule has 3 rings (SSSR count). The van der Waals surface area contributed by atoms with Crippen molar-refractivity contribution in [2.24, 2.45) is 0 Å². The number of nitrogen functional groups attached to an aromatic ring is 1. The summed E-state index contributed by atoms with van der Waals surface area (Å²) in [5.41, 5.74) is 7.74. The average Bonchev–Trinajstić information content (AvgIpc) is 2.46. The first-order valence-electron chi connectivity index (χ1n) is 6.10. The molecule has 94 valence electrons. The van der Waals surface area contributed by atoms with E-state index in [0.29, 0.717) is 6.54 Å². The van der Waals surface area contributed by atoms with Crippen molar-refractivity contribution in [1.29, 1.82) is 0 Å². The van der Waals surface area contributed by atoms with Gasteiger partial charge in [0.15, 0.2) is 0 Å². The lowest BCUT2D eigenvalue weighted by molar-refractivity contribution is 1.10. The van der Waals surface area contributed by atoms with E-state index in [4.69, 9.17) is 5.73 Å². The van der Waals surface area contributed by atoms with Gasteiger partial charge in [0.05, 0.1) is 0 Å². The second-order valence-corrected chi connectivity index (χ2v) is 4.35. The van der Waals surface area contributed by atoms with Crippen LogP contribution in [0.25, 0.3) is 10.8 Å². The Labute approximate surface area is 111 Å². The second kappa shape index (κ2) is 4.94. The molecule has 0 aliphatic rings. The second-order valence-electron chi connectivity index (χ2n) is 4.35. The number of hydrogen-bond donors (Lipinski definition) is 2. The van der Waals surface area contributed by atoms with Crippen molar-refractivity contribution in [3.05, 3.63) is 60.6 Å². The Kier molecular flexibility index (Phi) is 2.98. The quantitative estimate of drug-likeness (QED) is 0.702. The zero-order valence-electron chi connectivity index (χ0n) is 10.4. The third kappa shape index (κ3) is 2.47. The van der Waals surface area contributed by atoms with Crippen LogP contribution in [0.15, 0.2) is 55.0 Å². The molecule has 0 saturated carbocycles. The van der Waals surface area contributed by atoms with E-state index in [0.717, 1.165) is 27.8 Å². The van der Waals surface area contributed by atoms with Crippen LogP contribution in [-0.4, -0.2) is 9.97 Å². The lowest BCUT2D eigenvalue weighted by Crippen LogP contribution is -2.02. The standard InChI is InChI=1S/C15H14N4/c16-13-2-1-12-5-8-18-15(14(12)9-13)19-10-11-3-6-17-7-4-11/h1-9H,10,16H2,(H,18,19). The van der Waals surface area contributed by atoms with E-state index in [1.807, 2.05) is 36.4 Å². The molecule has 0 fully saturated rings. The van der Waals surface area contributed by atoms with Crippen LogP contribution >= 0.6 is 0 Å². The fourth-order valence-electron chi connectivity index (χ4n) is 2.01. The number of hydrogen-bond acceptors (Lipinski definition) is 4. The Morgan fingerprint density at radius 3 is 2.68 bits per heavy atom. The third-order valence-electron chi connectivity index (χ3n) is 3.00. The predicted octanol–water partition coefficient (Wildman–Crippen LogP) is 2.82. The molecule has 1 aromatic carbocycles. The molecule has 4 heteroatoms. The van der Waals surface area contributed by atoms with Crippen molar-refractivity contribution in [2.75, 3.05) is 11.1 Å². The molecule has 0 aliphatic carbocycles. The van der Waals surface area contributed by atoms with Gasteiger partial charge in [0.25, 0.3) is 0 Å². The first-order valence-corrected chi connectivity index (χ1v) is 6.10. The van der Waals surface area contributed by atoms with E-state index < -0.39 is 0 Å². The van der Waals surface area contributed by atoms with Crippen LogP contribution in [-0.2, 0) is 6.54 Å². The van der Waals surface area contributed by atoms with Crippen molar-refractivity contribution in [2.45, 2.75) is 6.54 Å². The highest BCUT2D eigenvalue weighted by molar-refractivity contribution is 5.93. The molecule has 0 spiro atoms. The smallest absolute Gasteiger partial charge is 0.134 e. The fourth-order valence-corrected chi connectivity index (χ4v) is 2.01. The maximum Gasteiger partial charge on any atom is 0.134 e. The minimum atomic E-state index is 0.712. The minimum absolute atomic E-state index is 0.712. The van der Waals surface area contributed by atoms with Crippen LogP contribution in [0.2, 0.25) is 0 Å². The number of nitrogens with one attached hydrogen (secondary N) is 1. The molecule has 3 N–H and O–H groups in total. The van der Waals surface area contributed by atoms with Gasteiger partial charge in [-0.25, -0.2) is 4.98 Å². The molecule has 2 aromatic heterocycles. The normalized spacial score (nSPS) is 10.5. The highest BCUT2D eigenvalue weighted by Crippen LogP contribution is 2.23. The van der Waals surface area contributed by atoms with Crippen LogP contribution in [0.5, 0.6) is 0 Å². The summed E-state index contributed by atoms with van der Waals surface area (Å²) in [4.78, 5) is 8.38. The van der Waals surface area contributed by atoms with Gasteiger partial charge in [-0.3, -0.25) is 4.98 Å². The van der Waals surface area contributed by atoms with Crippen molar-refractivity contribution in [3.63, 3.8) is 0 Å². The van der Waals surface area contributed by atoms with Crippen LogP contribution < -0.4 is 11.1 Å². The molecule has 0 amide bonds. The summed E-state index contributed by atoms with van der Waals surface area (Å²) < 4.78 is 0. The van der Waals surface area contributed by atoms with Crippen LogP contribution in [0.3, 0.4) is 0 Å². The number of rotatable bonds is 3. The van der Waals surface area contributed by atoms with Crippen molar-refractivity contribution in [3.8, 4) is 0 Å². The molecule has 0 radical (unpaired) electrons. The largest absolute Gasteiger partial charge is 0.399 e. The molecule has 0 atom stereocenters. The molecule has 2 heterocycles. The Morgan fingerprint density at radius 1 is 1.00 bits per heavy atom. The lowest BCUT2D eigenvalue weighted by Gasteiger charge is -2.09. The number of benzene rings is 1. The molecular weight excluding hydrogens is 236 g/mol. The Morgan fingerprint density at radius 2 is 1.84 bits per heavy atom. The first kappa shape index (κ1) is 11.5. The first-order chi connectivity index (χ1) is 9.33. The van der Waals surface area contributed by atoms with Gasteiger partial charge in [-0.2, -0.15) is 0 Å². The average molecular weight is 250 g/mol. The molecule has 0 unspecified atom stereocenters. The van der Waals surface area contributed by atoms with Gasteiger partial charge in [-0.05, 0) is 41.3 Å². The van der Waals surface area contributed by atoms with E-state index in [2.05, 4.69) is 15.3 Å². The molecule has 4 nitrogen and oxygen atoms in total. The third-order valence-corrected chi connectivity index (χ3v) is 3.00. The summed E-state index contributed by atoms with van der Waals surface area (Å²) in [6.07, 6.45) is 5.37. The molecular formula is C15H14N4. The zero-order valence-corrected chi connectivity index (χ0v) is 10.4. The summed E-state index contributed by atoms with van der Waals surface area (Å²) >= 11 is 0. The van der Waals surface area contributed by atoms with Gasteiger partial charge in [0, 0.05) is 36.2 Å². The topological polar surface area (TPSA) is 63.8 Å². The molecule has 3 aromatic rings. The van der Waals surface area contributed by atoms with Gasteiger partial charge >= 0.3 is 0 Å². The van der Waals surface area contributed by atoms with E-state index in [9.17, 15) is 0 Å². The van der Waals surface area contributed by atoms with Crippen LogP contribution in [0.1, 0.15) is 5.56 Å². The van der Waals surface area contributed by atoms with E-state index in [1.54, 1.807) is 18.6 Å². The highest BCUT2D eigenvalue weighted by Gasteiger charge is 2.02. The summed E-state index contributed by atoms with van der Waals surface area (Å²) in [5.74, 6) is 0.849. The van der Waals surface area contributed by atoms with Crippen LogP contribution in [0.4, 0.5) is 11.5 Å². The zero-order chi connectivity index (χ0) is 13.1. The minimum Gasteiger partial charge on any atom is -0.399 e. The fraction of sp³-hybridized carbons (Fsp3) is 0.0667. The SMILES string of the molecule is Nc1ccc2ccnc(NCc3ccncc3)c2c1. The predicted molar refractivity (Wildman–Crippen MR) is 77.7 cm³/mol. The van der Waals surface area contributed by atoms with Gasteiger partial charge in [-0.15, -0.1) is 0 Å². The number of anilines is 2. The monoisotopic (exact) mass is 250 g/mol. The maximum absolute atomic E-state index is 5.84. The molecule has 0 saturated heterocycles. The van der Waals surface area contributed by atoms with Gasteiger partial charge in [0.2, 0.25) is 0 Å². The summed E-state index contributed by atoms with van der Waals surface area (Å²) in [7, 11) is 0. The molecule has 19 heavy (non-hydrogen) atoms. The van der Waals surface area contributed by atoms with Crippen LogP contribution in [0, 0.1) is 0 Å². The number of pyridine rings is 2. The summed E-state index contributed by atoms with van der Waals surface area (Å²) in [5, 5.41) is 5.50.